The summed E-state index contributed by atoms with van der Waals surface area (Å²) < 4.78 is 11.3. The summed E-state index contributed by atoms with van der Waals surface area (Å²) in [6.45, 7) is 3.00. The van der Waals surface area contributed by atoms with Gasteiger partial charge in [0.15, 0.2) is 11.5 Å². The highest BCUT2D eigenvalue weighted by Gasteiger charge is 2.12. The van der Waals surface area contributed by atoms with Gasteiger partial charge in [-0.25, -0.2) is 0 Å². The van der Waals surface area contributed by atoms with Crippen LogP contribution in [0.3, 0.4) is 0 Å². The monoisotopic (exact) mass is 407 g/mol. The third-order valence-electron chi connectivity index (χ3n) is 4.80. The minimum absolute atomic E-state index is 0. The van der Waals surface area contributed by atoms with E-state index in [1.807, 2.05) is 12.1 Å². The van der Waals surface area contributed by atoms with Crippen LogP contribution in [-0.2, 0) is 6.54 Å². The largest absolute Gasteiger partial charge is 0.486 e. The van der Waals surface area contributed by atoms with E-state index in [4.69, 9.17) is 9.47 Å². The van der Waals surface area contributed by atoms with Crippen LogP contribution in [0, 0.1) is 0 Å². The molecule has 3 nitrogen and oxygen atoms in total. The lowest BCUT2D eigenvalue weighted by Gasteiger charge is -2.20. The first kappa shape index (κ1) is 21.0. The molecule has 0 amide bonds. The fourth-order valence-corrected chi connectivity index (χ4v) is 3.35. The van der Waals surface area contributed by atoms with Crippen LogP contribution < -0.4 is 9.47 Å². The van der Waals surface area contributed by atoms with Crippen LogP contribution in [0.2, 0.25) is 0 Å². The van der Waals surface area contributed by atoms with Crippen molar-refractivity contribution in [1.29, 1.82) is 0 Å². The summed E-state index contributed by atoms with van der Waals surface area (Å²) in [5.74, 6) is 1.70. The van der Waals surface area contributed by atoms with Crippen LogP contribution in [-0.4, -0.2) is 31.7 Å². The number of hydrogen-bond donors (Lipinski definition) is 0. The molecular weight excluding hydrogens is 382 g/mol. The van der Waals surface area contributed by atoms with Gasteiger partial charge in [0, 0.05) is 13.1 Å². The Balaban J connectivity index is 0.00000240. The lowest BCUT2D eigenvalue weighted by atomic mass is 10.0. The summed E-state index contributed by atoms with van der Waals surface area (Å²) in [4.78, 5) is 2.28. The first-order valence-electron chi connectivity index (χ1n) is 9.67. The van der Waals surface area contributed by atoms with E-state index in [0.717, 1.165) is 24.6 Å². The van der Waals surface area contributed by atoms with Gasteiger partial charge in [-0.2, -0.15) is 0 Å². The Hall–Kier alpha value is -2.75. The fourth-order valence-electron chi connectivity index (χ4n) is 3.35. The van der Waals surface area contributed by atoms with Gasteiger partial charge < -0.3 is 9.47 Å². The molecule has 1 aliphatic heterocycles. The van der Waals surface area contributed by atoms with Gasteiger partial charge in [0.2, 0.25) is 0 Å². The second-order valence-corrected chi connectivity index (χ2v) is 7.07. The van der Waals surface area contributed by atoms with Crippen LogP contribution in [0.25, 0.3) is 17.2 Å². The van der Waals surface area contributed by atoms with Crippen molar-refractivity contribution < 1.29 is 9.47 Å². The number of benzene rings is 3. The first-order valence-corrected chi connectivity index (χ1v) is 9.67. The summed E-state index contributed by atoms with van der Waals surface area (Å²) in [5.41, 5.74) is 4.94. The normalized spacial score (nSPS) is 12.8. The summed E-state index contributed by atoms with van der Waals surface area (Å²) in [6.07, 6.45) is 4.38. The molecule has 0 saturated heterocycles. The Morgan fingerprint density at radius 3 is 2.28 bits per heavy atom. The van der Waals surface area contributed by atoms with Gasteiger partial charge in [-0.3, -0.25) is 4.90 Å². The maximum atomic E-state index is 5.67. The SMILES string of the molecule is CN(C/C=C/c1ccc(-c2ccccc2)cc1)Cc1ccc2c(c1)OCCO2.Cl. The van der Waals surface area contributed by atoms with Crippen molar-refractivity contribution in [3.63, 3.8) is 0 Å². The molecule has 4 rings (SSSR count). The molecule has 1 aliphatic rings. The van der Waals surface area contributed by atoms with E-state index in [-0.39, 0.29) is 12.4 Å². The molecular formula is C25H26ClNO2. The molecule has 0 spiro atoms. The molecule has 0 saturated carbocycles. The topological polar surface area (TPSA) is 21.7 Å². The van der Waals surface area contributed by atoms with E-state index in [9.17, 15) is 0 Å². The maximum absolute atomic E-state index is 5.67. The van der Waals surface area contributed by atoms with Crippen molar-refractivity contribution in [3.05, 3.63) is 90.0 Å². The van der Waals surface area contributed by atoms with Gasteiger partial charge in [0.1, 0.15) is 13.2 Å². The predicted octanol–water partition coefficient (Wildman–Crippen LogP) is 5.69. The maximum Gasteiger partial charge on any atom is 0.161 e. The summed E-state index contributed by atoms with van der Waals surface area (Å²) in [5, 5.41) is 0. The summed E-state index contributed by atoms with van der Waals surface area (Å²) in [6, 6.07) is 25.3. The van der Waals surface area contributed by atoms with Gasteiger partial charge in [0.25, 0.3) is 0 Å². The van der Waals surface area contributed by atoms with Crippen molar-refractivity contribution in [2.24, 2.45) is 0 Å². The predicted molar refractivity (Wildman–Crippen MR) is 122 cm³/mol. The smallest absolute Gasteiger partial charge is 0.161 e. The van der Waals surface area contributed by atoms with Gasteiger partial charge >= 0.3 is 0 Å². The molecule has 3 aromatic carbocycles. The van der Waals surface area contributed by atoms with Crippen molar-refractivity contribution >= 4 is 18.5 Å². The van der Waals surface area contributed by atoms with E-state index in [1.54, 1.807) is 0 Å². The average Bonchev–Trinajstić information content (AvgIpc) is 2.75. The Morgan fingerprint density at radius 2 is 1.52 bits per heavy atom. The fraction of sp³-hybridized carbons (Fsp3) is 0.200. The minimum atomic E-state index is 0. The molecule has 4 heteroatoms. The molecule has 0 fully saturated rings. The lowest BCUT2D eigenvalue weighted by molar-refractivity contribution is 0.171. The Morgan fingerprint density at radius 1 is 0.828 bits per heavy atom. The van der Waals surface area contributed by atoms with Gasteiger partial charge in [0.05, 0.1) is 0 Å². The molecule has 150 valence electrons. The second kappa shape index (κ2) is 10.1. The van der Waals surface area contributed by atoms with E-state index < -0.39 is 0 Å². The van der Waals surface area contributed by atoms with E-state index in [0.29, 0.717) is 13.2 Å². The minimum Gasteiger partial charge on any atom is -0.486 e. The third kappa shape index (κ3) is 5.63. The van der Waals surface area contributed by atoms with Crippen LogP contribution >= 0.6 is 12.4 Å². The van der Waals surface area contributed by atoms with Gasteiger partial charge in [-0.15, -0.1) is 12.4 Å². The van der Waals surface area contributed by atoms with Crippen molar-refractivity contribution in [1.82, 2.24) is 4.90 Å². The second-order valence-electron chi connectivity index (χ2n) is 7.07. The highest BCUT2D eigenvalue weighted by Crippen LogP contribution is 2.31. The van der Waals surface area contributed by atoms with Gasteiger partial charge in [-0.05, 0) is 41.4 Å². The summed E-state index contributed by atoms with van der Waals surface area (Å²) in [7, 11) is 2.12. The molecule has 0 bridgehead atoms. The lowest BCUT2D eigenvalue weighted by Crippen LogP contribution is -2.19. The zero-order valence-electron chi connectivity index (χ0n) is 16.6. The highest BCUT2D eigenvalue weighted by atomic mass is 35.5. The van der Waals surface area contributed by atoms with Crippen molar-refractivity contribution in [3.8, 4) is 22.6 Å². The number of likely N-dealkylation sites (N-methyl/N-ethyl adjacent to an activating group) is 1. The molecule has 3 aromatic rings. The number of fused-ring (bicyclic) bond motifs is 1. The number of ether oxygens (including phenoxy) is 2. The van der Waals surface area contributed by atoms with Gasteiger partial charge in [-0.1, -0.05) is 72.8 Å². The Kier molecular flexibility index (Phi) is 7.34. The van der Waals surface area contributed by atoms with Crippen LogP contribution in [0.5, 0.6) is 11.5 Å². The third-order valence-corrected chi connectivity index (χ3v) is 4.80. The van der Waals surface area contributed by atoms with E-state index in [2.05, 4.69) is 84.8 Å². The molecule has 0 aliphatic carbocycles. The molecule has 0 radical (unpaired) electrons. The van der Waals surface area contributed by atoms with Crippen LogP contribution in [0.1, 0.15) is 11.1 Å². The van der Waals surface area contributed by atoms with Crippen LogP contribution in [0.15, 0.2) is 78.9 Å². The Labute approximate surface area is 179 Å². The quantitative estimate of drug-likeness (QED) is 0.523. The molecule has 1 heterocycles. The highest BCUT2D eigenvalue weighted by molar-refractivity contribution is 5.85. The molecule has 0 aromatic heterocycles. The molecule has 0 atom stereocenters. The standard InChI is InChI=1S/C25H25NO2.ClH/c1-26(19-21-11-14-24-25(18-21)28-17-16-27-24)15-5-6-20-9-12-23(13-10-20)22-7-3-2-4-8-22;/h2-14,18H,15-17,19H2,1H3;1H/b6-5+;. The van der Waals surface area contributed by atoms with E-state index >= 15 is 0 Å². The van der Waals surface area contributed by atoms with Crippen molar-refractivity contribution in [2.75, 3.05) is 26.8 Å². The first-order chi connectivity index (χ1) is 13.8. The Bertz CT molecular complexity index is 939. The zero-order valence-corrected chi connectivity index (χ0v) is 17.4. The number of nitrogens with zero attached hydrogens (tertiary/aromatic N) is 1. The van der Waals surface area contributed by atoms with E-state index in [1.165, 1.54) is 22.3 Å². The molecule has 0 N–H and O–H groups in total. The molecule has 0 unspecified atom stereocenters. The average molecular weight is 408 g/mol. The zero-order chi connectivity index (χ0) is 19.2. The van der Waals surface area contributed by atoms with Crippen LogP contribution in [0.4, 0.5) is 0 Å². The summed E-state index contributed by atoms with van der Waals surface area (Å²) >= 11 is 0. The molecule has 29 heavy (non-hydrogen) atoms. The number of rotatable bonds is 6. The van der Waals surface area contributed by atoms with Crippen molar-refractivity contribution in [2.45, 2.75) is 6.54 Å². The number of hydrogen-bond acceptors (Lipinski definition) is 3. The number of halogens is 1.